The largest absolute Gasteiger partial charge is 0.394 e. The second-order valence-corrected chi connectivity index (χ2v) is 5.02. The first-order valence-corrected chi connectivity index (χ1v) is 6.53. The maximum absolute atomic E-state index is 9.31. The van der Waals surface area contributed by atoms with Crippen LogP contribution in [0.1, 0.15) is 13.3 Å². The number of rotatable bonds is 7. The number of hydrogen-bond donors (Lipinski definition) is 3. The summed E-state index contributed by atoms with van der Waals surface area (Å²) < 4.78 is 0. The van der Waals surface area contributed by atoms with Crippen LogP contribution >= 0.6 is 0 Å². The van der Waals surface area contributed by atoms with Crippen molar-refractivity contribution < 1.29 is 10.2 Å². The molecule has 17 heavy (non-hydrogen) atoms. The maximum atomic E-state index is 9.31. The predicted octanol–water partition coefficient (Wildman–Crippen LogP) is -1.04. The highest BCUT2D eigenvalue weighted by molar-refractivity contribution is 4.85. The number of hydrogen-bond acceptors (Lipinski definition) is 5. The Morgan fingerprint density at radius 2 is 1.71 bits per heavy atom. The van der Waals surface area contributed by atoms with Gasteiger partial charge in [-0.2, -0.15) is 0 Å². The molecule has 0 aromatic rings. The van der Waals surface area contributed by atoms with E-state index in [0.717, 1.165) is 45.7 Å². The Morgan fingerprint density at radius 1 is 1.12 bits per heavy atom. The van der Waals surface area contributed by atoms with Gasteiger partial charge in [0.1, 0.15) is 0 Å². The molecule has 0 aromatic heterocycles. The molecule has 5 heteroatoms. The average molecular weight is 245 g/mol. The highest BCUT2D eigenvalue weighted by Crippen LogP contribution is 2.07. The molecular formula is C12H27N3O2. The summed E-state index contributed by atoms with van der Waals surface area (Å²) in [6, 6.07) is 0. The van der Waals surface area contributed by atoms with Crippen LogP contribution in [0.2, 0.25) is 0 Å². The summed E-state index contributed by atoms with van der Waals surface area (Å²) in [7, 11) is 2.15. The minimum Gasteiger partial charge on any atom is -0.394 e. The molecule has 102 valence electrons. The Balaban J connectivity index is 2.22. The SMILES string of the molecule is CCC(CO)(CO)NCCN1CCN(C)CC1. The smallest absolute Gasteiger partial charge is 0.0645 e. The van der Waals surface area contributed by atoms with Crippen molar-refractivity contribution >= 4 is 0 Å². The summed E-state index contributed by atoms with van der Waals surface area (Å²) in [5, 5.41) is 21.9. The second kappa shape index (κ2) is 7.28. The van der Waals surface area contributed by atoms with Crippen LogP contribution in [0.4, 0.5) is 0 Å². The van der Waals surface area contributed by atoms with Gasteiger partial charge in [0.05, 0.1) is 18.8 Å². The van der Waals surface area contributed by atoms with Crippen molar-refractivity contribution in [1.82, 2.24) is 15.1 Å². The van der Waals surface area contributed by atoms with Gasteiger partial charge >= 0.3 is 0 Å². The zero-order chi connectivity index (χ0) is 12.7. The number of aliphatic hydroxyl groups excluding tert-OH is 2. The summed E-state index contributed by atoms with van der Waals surface area (Å²) in [5.74, 6) is 0. The van der Waals surface area contributed by atoms with Crippen LogP contribution in [0.15, 0.2) is 0 Å². The number of nitrogens with one attached hydrogen (secondary N) is 1. The molecule has 0 bridgehead atoms. The molecule has 5 nitrogen and oxygen atoms in total. The number of piperazine rings is 1. The van der Waals surface area contributed by atoms with Gasteiger partial charge in [-0.25, -0.2) is 0 Å². The van der Waals surface area contributed by atoms with Gasteiger partial charge in [0, 0.05) is 39.3 Å². The van der Waals surface area contributed by atoms with E-state index in [4.69, 9.17) is 0 Å². The van der Waals surface area contributed by atoms with Crippen LogP contribution in [0.25, 0.3) is 0 Å². The van der Waals surface area contributed by atoms with E-state index in [1.54, 1.807) is 0 Å². The lowest BCUT2D eigenvalue weighted by molar-refractivity contribution is 0.0816. The zero-order valence-electron chi connectivity index (χ0n) is 11.2. The van der Waals surface area contributed by atoms with E-state index in [1.165, 1.54) is 0 Å². The van der Waals surface area contributed by atoms with Gasteiger partial charge < -0.3 is 20.4 Å². The lowest BCUT2D eigenvalue weighted by atomic mass is 9.98. The molecule has 1 aliphatic rings. The number of nitrogens with zero attached hydrogens (tertiary/aromatic N) is 2. The van der Waals surface area contributed by atoms with E-state index in [0.29, 0.717) is 0 Å². The van der Waals surface area contributed by atoms with E-state index in [-0.39, 0.29) is 13.2 Å². The van der Waals surface area contributed by atoms with Crippen molar-refractivity contribution in [3.63, 3.8) is 0 Å². The van der Waals surface area contributed by atoms with E-state index in [1.807, 2.05) is 6.92 Å². The lowest BCUT2D eigenvalue weighted by Gasteiger charge is -2.34. The molecule has 1 aliphatic heterocycles. The van der Waals surface area contributed by atoms with Gasteiger partial charge in [-0.1, -0.05) is 6.92 Å². The fourth-order valence-corrected chi connectivity index (χ4v) is 2.06. The third kappa shape index (κ3) is 4.52. The Bertz CT molecular complexity index is 194. The minimum atomic E-state index is -0.507. The van der Waals surface area contributed by atoms with E-state index in [2.05, 4.69) is 22.2 Å². The van der Waals surface area contributed by atoms with Gasteiger partial charge in [0.2, 0.25) is 0 Å². The molecule has 0 amide bonds. The van der Waals surface area contributed by atoms with Gasteiger partial charge in [-0.3, -0.25) is 4.90 Å². The quantitative estimate of drug-likeness (QED) is 0.535. The Labute approximate surface area is 104 Å². The Kier molecular flexibility index (Phi) is 6.37. The summed E-state index contributed by atoms with van der Waals surface area (Å²) in [4.78, 5) is 4.75. The van der Waals surface area contributed by atoms with Crippen molar-refractivity contribution in [3.05, 3.63) is 0 Å². The van der Waals surface area contributed by atoms with Crippen LogP contribution < -0.4 is 5.32 Å². The van der Waals surface area contributed by atoms with Crippen molar-refractivity contribution in [2.45, 2.75) is 18.9 Å². The second-order valence-electron chi connectivity index (χ2n) is 5.02. The van der Waals surface area contributed by atoms with E-state index in [9.17, 15) is 10.2 Å². The molecule has 0 spiro atoms. The van der Waals surface area contributed by atoms with Crippen LogP contribution in [0.5, 0.6) is 0 Å². The van der Waals surface area contributed by atoms with Crippen LogP contribution in [-0.2, 0) is 0 Å². The standard InChI is InChI=1S/C12H27N3O2/c1-3-12(10-16,11-17)13-4-5-15-8-6-14(2)7-9-15/h13,16-17H,3-11H2,1-2H3. The molecule has 0 atom stereocenters. The Morgan fingerprint density at radius 3 is 2.18 bits per heavy atom. The lowest BCUT2D eigenvalue weighted by Crippen LogP contribution is -2.54. The van der Waals surface area contributed by atoms with Crippen LogP contribution in [0.3, 0.4) is 0 Å². The van der Waals surface area contributed by atoms with E-state index < -0.39 is 5.54 Å². The average Bonchev–Trinajstić information content (AvgIpc) is 2.38. The fraction of sp³-hybridized carbons (Fsp3) is 1.00. The molecule has 0 aromatic carbocycles. The molecular weight excluding hydrogens is 218 g/mol. The van der Waals surface area contributed by atoms with Crippen molar-refractivity contribution in [1.29, 1.82) is 0 Å². The molecule has 1 saturated heterocycles. The zero-order valence-corrected chi connectivity index (χ0v) is 11.2. The molecule has 0 radical (unpaired) electrons. The molecule has 0 unspecified atom stereocenters. The Hall–Kier alpha value is -0.200. The summed E-state index contributed by atoms with van der Waals surface area (Å²) in [6.07, 6.45) is 0.739. The molecule has 0 aliphatic carbocycles. The first kappa shape index (κ1) is 14.9. The summed E-state index contributed by atoms with van der Waals surface area (Å²) >= 11 is 0. The highest BCUT2D eigenvalue weighted by Gasteiger charge is 2.25. The molecule has 1 heterocycles. The fourth-order valence-electron chi connectivity index (χ4n) is 2.06. The first-order valence-electron chi connectivity index (χ1n) is 6.53. The summed E-state index contributed by atoms with van der Waals surface area (Å²) in [5.41, 5.74) is -0.507. The van der Waals surface area contributed by atoms with Crippen molar-refractivity contribution in [2.75, 3.05) is 59.5 Å². The normalized spacial score (nSPS) is 19.8. The molecule has 1 rings (SSSR count). The van der Waals surface area contributed by atoms with Gasteiger partial charge in [0.15, 0.2) is 0 Å². The number of likely N-dealkylation sites (N-methyl/N-ethyl adjacent to an activating group) is 1. The maximum Gasteiger partial charge on any atom is 0.0645 e. The van der Waals surface area contributed by atoms with Gasteiger partial charge in [-0.05, 0) is 13.5 Å². The molecule has 3 N–H and O–H groups in total. The van der Waals surface area contributed by atoms with E-state index >= 15 is 0 Å². The van der Waals surface area contributed by atoms with Gasteiger partial charge in [-0.15, -0.1) is 0 Å². The minimum absolute atomic E-state index is 0.0112. The third-order valence-corrected chi connectivity index (χ3v) is 3.81. The van der Waals surface area contributed by atoms with Crippen LogP contribution in [-0.4, -0.2) is 85.1 Å². The summed E-state index contributed by atoms with van der Waals surface area (Å²) in [6.45, 7) is 8.22. The van der Waals surface area contributed by atoms with Crippen LogP contribution in [0, 0.1) is 0 Å². The van der Waals surface area contributed by atoms with Gasteiger partial charge in [0.25, 0.3) is 0 Å². The first-order chi connectivity index (χ1) is 8.15. The van der Waals surface area contributed by atoms with Crippen molar-refractivity contribution in [2.24, 2.45) is 0 Å². The number of aliphatic hydroxyl groups is 2. The topological polar surface area (TPSA) is 59.0 Å². The molecule has 1 fully saturated rings. The predicted molar refractivity (Wildman–Crippen MR) is 69.1 cm³/mol. The third-order valence-electron chi connectivity index (χ3n) is 3.81. The molecule has 0 saturated carbocycles. The van der Waals surface area contributed by atoms with Crippen molar-refractivity contribution in [3.8, 4) is 0 Å². The monoisotopic (exact) mass is 245 g/mol. The highest BCUT2D eigenvalue weighted by atomic mass is 16.3.